The number of amides is 1. The molecule has 0 atom stereocenters. The van der Waals surface area contributed by atoms with Gasteiger partial charge in [0.25, 0.3) is 5.91 Å². The van der Waals surface area contributed by atoms with Gasteiger partial charge in [-0.2, -0.15) is 0 Å². The molecule has 0 saturated carbocycles. The molecular weight excluding hydrogens is 349 g/mol. The summed E-state index contributed by atoms with van der Waals surface area (Å²) in [5, 5.41) is 0. The number of ether oxygens (including phenoxy) is 1. The van der Waals surface area contributed by atoms with Crippen LogP contribution in [0.1, 0.15) is 17.5 Å². The summed E-state index contributed by atoms with van der Waals surface area (Å²) < 4.78 is 23.5. The highest BCUT2D eigenvalue weighted by atomic mass is 19.1. The molecule has 27 heavy (non-hydrogen) atoms. The number of benzene rings is 2. The lowest BCUT2D eigenvalue weighted by molar-refractivity contribution is -0.121. The molecule has 6 heteroatoms. The molecule has 1 aromatic heterocycles. The van der Waals surface area contributed by atoms with Gasteiger partial charge in [0, 0.05) is 17.8 Å². The van der Waals surface area contributed by atoms with Crippen LogP contribution in [-0.2, 0) is 9.53 Å². The summed E-state index contributed by atoms with van der Waals surface area (Å²) >= 11 is 0. The molecule has 0 bridgehead atoms. The maximum Gasteiger partial charge on any atom is 0.375 e. The number of furan rings is 1. The second-order valence-electron chi connectivity index (χ2n) is 5.72. The number of nitrogens with zero attached hydrogens (tertiary/aromatic N) is 1. The predicted molar refractivity (Wildman–Crippen MR) is 98.9 cm³/mol. The quantitative estimate of drug-likeness (QED) is 0.610. The zero-order chi connectivity index (χ0) is 19.2. The first-order chi connectivity index (χ1) is 13.1. The smallest absolute Gasteiger partial charge is 0.375 e. The number of carbonyl (C=O) groups excluding carboxylic acids is 2. The minimum atomic E-state index is -0.720. The molecule has 138 valence electrons. The molecular formula is C21H18FNO4. The van der Waals surface area contributed by atoms with E-state index in [4.69, 9.17) is 9.15 Å². The first kappa shape index (κ1) is 18.4. The summed E-state index contributed by atoms with van der Waals surface area (Å²) in [5.41, 5.74) is 1.94. The largest absolute Gasteiger partial charge is 0.457 e. The molecule has 0 aliphatic heterocycles. The molecule has 5 nitrogen and oxygen atoms in total. The van der Waals surface area contributed by atoms with Crippen molar-refractivity contribution in [1.29, 1.82) is 0 Å². The van der Waals surface area contributed by atoms with Crippen LogP contribution in [0.25, 0.3) is 11.1 Å². The Bertz CT molecular complexity index is 919. The van der Waals surface area contributed by atoms with E-state index in [2.05, 4.69) is 0 Å². The Labute approximate surface area is 156 Å². The van der Waals surface area contributed by atoms with Gasteiger partial charge in [-0.15, -0.1) is 0 Å². The van der Waals surface area contributed by atoms with Crippen LogP contribution in [-0.4, -0.2) is 25.0 Å². The van der Waals surface area contributed by atoms with Crippen molar-refractivity contribution in [1.82, 2.24) is 0 Å². The minimum Gasteiger partial charge on any atom is -0.457 e. The number of esters is 1. The van der Waals surface area contributed by atoms with Crippen molar-refractivity contribution in [2.75, 3.05) is 18.1 Å². The van der Waals surface area contributed by atoms with Crippen LogP contribution in [0.2, 0.25) is 0 Å². The number of halogens is 1. The summed E-state index contributed by atoms with van der Waals surface area (Å²) in [4.78, 5) is 26.2. The molecule has 0 fully saturated rings. The van der Waals surface area contributed by atoms with Gasteiger partial charge in [0.15, 0.2) is 6.61 Å². The maximum absolute atomic E-state index is 13.1. The normalized spacial score (nSPS) is 10.4. The minimum absolute atomic E-state index is 0.0406. The highest BCUT2D eigenvalue weighted by molar-refractivity contribution is 5.98. The second-order valence-corrected chi connectivity index (χ2v) is 5.72. The summed E-state index contributed by atoms with van der Waals surface area (Å²) in [5.74, 6) is -1.48. The van der Waals surface area contributed by atoms with Crippen molar-refractivity contribution in [3.63, 3.8) is 0 Å². The van der Waals surface area contributed by atoms with E-state index in [0.717, 1.165) is 5.56 Å². The Morgan fingerprint density at radius 2 is 1.74 bits per heavy atom. The maximum atomic E-state index is 13.1. The van der Waals surface area contributed by atoms with E-state index >= 15 is 0 Å². The van der Waals surface area contributed by atoms with Gasteiger partial charge in [-0.05, 0) is 42.8 Å². The van der Waals surface area contributed by atoms with Gasteiger partial charge in [0.2, 0.25) is 5.76 Å². The number of hydrogen-bond donors (Lipinski definition) is 0. The molecule has 1 amide bonds. The van der Waals surface area contributed by atoms with E-state index in [9.17, 15) is 14.0 Å². The first-order valence-corrected chi connectivity index (χ1v) is 8.46. The van der Waals surface area contributed by atoms with Crippen LogP contribution >= 0.6 is 0 Å². The standard InChI is InChI=1S/C21H18FNO4/c1-2-23(17-10-8-16(22)9-11-17)19(24)14-27-21(25)20-18(12-13-26-20)15-6-4-3-5-7-15/h3-13H,2,14H2,1H3. The molecule has 2 aromatic carbocycles. The number of carbonyl (C=O) groups is 2. The Morgan fingerprint density at radius 1 is 1.04 bits per heavy atom. The SMILES string of the molecule is CCN(C(=O)COC(=O)c1occc1-c1ccccc1)c1ccc(F)cc1. The summed E-state index contributed by atoms with van der Waals surface area (Å²) in [6.45, 7) is 1.69. The lowest BCUT2D eigenvalue weighted by atomic mass is 10.1. The van der Waals surface area contributed by atoms with Gasteiger partial charge < -0.3 is 14.1 Å². The molecule has 0 radical (unpaired) electrons. The second kappa shape index (κ2) is 8.31. The highest BCUT2D eigenvalue weighted by Gasteiger charge is 2.21. The molecule has 0 aliphatic rings. The van der Waals surface area contributed by atoms with E-state index in [1.165, 1.54) is 35.4 Å². The van der Waals surface area contributed by atoms with Gasteiger partial charge in [0.05, 0.1) is 6.26 Å². The fourth-order valence-corrected chi connectivity index (χ4v) is 2.71. The van der Waals surface area contributed by atoms with E-state index in [1.54, 1.807) is 13.0 Å². The van der Waals surface area contributed by atoms with Crippen LogP contribution < -0.4 is 4.90 Å². The van der Waals surface area contributed by atoms with Crippen molar-refractivity contribution in [3.8, 4) is 11.1 Å². The Kier molecular flexibility index (Phi) is 5.66. The zero-order valence-electron chi connectivity index (χ0n) is 14.7. The number of rotatable bonds is 6. The van der Waals surface area contributed by atoms with Gasteiger partial charge in [-0.25, -0.2) is 9.18 Å². The topological polar surface area (TPSA) is 59.8 Å². The third-order valence-corrected chi connectivity index (χ3v) is 4.02. The first-order valence-electron chi connectivity index (χ1n) is 8.46. The fourth-order valence-electron chi connectivity index (χ4n) is 2.71. The van der Waals surface area contributed by atoms with Crippen LogP contribution in [0, 0.1) is 5.82 Å². The lowest BCUT2D eigenvalue weighted by Gasteiger charge is -2.20. The average Bonchev–Trinajstić information content (AvgIpc) is 3.19. The fraction of sp³-hybridized carbons (Fsp3) is 0.143. The molecule has 3 rings (SSSR count). The van der Waals surface area contributed by atoms with Crippen molar-refractivity contribution in [2.45, 2.75) is 6.92 Å². The Morgan fingerprint density at radius 3 is 2.41 bits per heavy atom. The summed E-state index contributed by atoms with van der Waals surface area (Å²) in [7, 11) is 0. The van der Waals surface area contributed by atoms with Gasteiger partial charge >= 0.3 is 5.97 Å². The third-order valence-electron chi connectivity index (χ3n) is 4.02. The lowest BCUT2D eigenvalue weighted by Crippen LogP contribution is -2.34. The van der Waals surface area contributed by atoms with Crippen LogP contribution in [0.5, 0.6) is 0 Å². The van der Waals surface area contributed by atoms with E-state index in [0.29, 0.717) is 17.8 Å². The number of likely N-dealkylation sites (N-methyl/N-ethyl adjacent to an activating group) is 1. The van der Waals surface area contributed by atoms with Crippen molar-refractivity contribution in [2.24, 2.45) is 0 Å². The van der Waals surface area contributed by atoms with E-state index < -0.39 is 18.5 Å². The molecule has 1 heterocycles. The Balaban J connectivity index is 1.68. The molecule has 0 unspecified atom stereocenters. The van der Waals surface area contributed by atoms with E-state index in [1.807, 2.05) is 30.3 Å². The number of hydrogen-bond acceptors (Lipinski definition) is 4. The average molecular weight is 367 g/mol. The van der Waals surface area contributed by atoms with Crippen molar-refractivity contribution < 1.29 is 23.1 Å². The third kappa shape index (κ3) is 4.23. The molecule has 0 N–H and O–H groups in total. The van der Waals surface area contributed by atoms with Gasteiger partial charge in [-0.3, -0.25) is 4.79 Å². The van der Waals surface area contributed by atoms with Crippen LogP contribution in [0.15, 0.2) is 71.3 Å². The molecule has 0 spiro atoms. The molecule has 3 aromatic rings. The summed E-state index contributed by atoms with van der Waals surface area (Å²) in [6.07, 6.45) is 1.40. The molecule has 0 aliphatic carbocycles. The van der Waals surface area contributed by atoms with Crippen LogP contribution in [0.4, 0.5) is 10.1 Å². The monoisotopic (exact) mass is 367 g/mol. The predicted octanol–water partition coefficient (Wildman–Crippen LogP) is 4.30. The molecule has 0 saturated heterocycles. The van der Waals surface area contributed by atoms with E-state index in [-0.39, 0.29) is 11.6 Å². The number of anilines is 1. The van der Waals surface area contributed by atoms with Gasteiger partial charge in [0.1, 0.15) is 5.82 Å². The Hall–Kier alpha value is -3.41. The van der Waals surface area contributed by atoms with Gasteiger partial charge in [-0.1, -0.05) is 30.3 Å². The highest BCUT2D eigenvalue weighted by Crippen LogP contribution is 2.25. The summed E-state index contributed by atoms with van der Waals surface area (Å²) in [6, 6.07) is 16.5. The zero-order valence-corrected chi connectivity index (χ0v) is 14.7. The van der Waals surface area contributed by atoms with Crippen molar-refractivity contribution in [3.05, 3.63) is 78.5 Å². The van der Waals surface area contributed by atoms with Crippen LogP contribution in [0.3, 0.4) is 0 Å². The van der Waals surface area contributed by atoms with Crippen molar-refractivity contribution >= 4 is 17.6 Å².